The van der Waals surface area contributed by atoms with Gasteiger partial charge in [-0.25, -0.2) is 0 Å². The van der Waals surface area contributed by atoms with E-state index < -0.39 is 0 Å². The molecule has 4 aromatic rings. The van der Waals surface area contributed by atoms with Crippen molar-refractivity contribution in [2.45, 2.75) is 0 Å². The molecule has 0 aliphatic rings. The van der Waals surface area contributed by atoms with Crippen LogP contribution in [0, 0.1) is 0 Å². The molecule has 2 N–H and O–H groups in total. The van der Waals surface area contributed by atoms with E-state index >= 15 is 0 Å². The van der Waals surface area contributed by atoms with E-state index in [1.807, 2.05) is 60.7 Å². The molecule has 2 nitrogen and oxygen atoms in total. The molecular formula is C20H14O2Se. The Morgan fingerprint density at radius 1 is 0.522 bits per heavy atom. The molecule has 0 aliphatic heterocycles. The minimum absolute atomic E-state index is 0.199. The summed E-state index contributed by atoms with van der Waals surface area (Å²) in [7, 11) is 0. The van der Waals surface area contributed by atoms with E-state index in [1.54, 1.807) is 12.1 Å². The monoisotopic (exact) mass is 366 g/mol. The zero-order valence-corrected chi connectivity index (χ0v) is 13.9. The fourth-order valence-electron chi connectivity index (χ4n) is 2.78. The molecule has 0 amide bonds. The Balaban J connectivity index is 1.95. The Labute approximate surface area is 140 Å². The molecule has 0 spiro atoms. The third-order valence-corrected chi connectivity index (χ3v) is 6.58. The normalized spacial score (nSPS) is 11.1. The zero-order valence-electron chi connectivity index (χ0n) is 12.2. The van der Waals surface area contributed by atoms with Crippen molar-refractivity contribution in [2.24, 2.45) is 0 Å². The Kier molecular flexibility index (Phi) is 3.45. The number of rotatable bonds is 2. The van der Waals surface area contributed by atoms with E-state index in [-0.39, 0.29) is 26.5 Å². The van der Waals surface area contributed by atoms with Gasteiger partial charge in [0.1, 0.15) is 0 Å². The van der Waals surface area contributed by atoms with Crippen LogP contribution in [-0.2, 0) is 0 Å². The first-order valence-electron chi connectivity index (χ1n) is 7.33. The molecule has 0 aliphatic carbocycles. The fraction of sp³-hybridized carbons (Fsp3) is 0. The van der Waals surface area contributed by atoms with Gasteiger partial charge in [0.25, 0.3) is 0 Å². The number of aromatic hydroxyl groups is 2. The summed E-state index contributed by atoms with van der Waals surface area (Å²) in [6, 6.07) is 23.4. The van der Waals surface area contributed by atoms with E-state index in [0.717, 1.165) is 30.5 Å². The first kappa shape index (κ1) is 14.1. The molecule has 0 unspecified atom stereocenters. The number of hydrogen-bond acceptors (Lipinski definition) is 2. The number of benzene rings is 4. The first-order valence-corrected chi connectivity index (χ1v) is 9.04. The van der Waals surface area contributed by atoms with E-state index in [9.17, 15) is 10.2 Å². The van der Waals surface area contributed by atoms with Gasteiger partial charge in [0.2, 0.25) is 0 Å². The van der Waals surface area contributed by atoms with Crippen LogP contribution < -0.4 is 8.92 Å². The van der Waals surface area contributed by atoms with Crippen LogP contribution in [0.15, 0.2) is 72.8 Å². The molecular weight excluding hydrogens is 351 g/mol. The molecule has 0 fully saturated rings. The van der Waals surface area contributed by atoms with Gasteiger partial charge in [0, 0.05) is 0 Å². The second-order valence-corrected chi connectivity index (χ2v) is 7.51. The van der Waals surface area contributed by atoms with Gasteiger partial charge in [-0.2, -0.15) is 0 Å². The molecule has 0 saturated heterocycles. The second-order valence-electron chi connectivity index (χ2n) is 5.37. The summed E-state index contributed by atoms with van der Waals surface area (Å²) < 4.78 is 1.81. The number of fused-ring (bicyclic) bond motifs is 2. The third-order valence-electron chi connectivity index (χ3n) is 3.92. The Morgan fingerprint density at radius 2 is 0.957 bits per heavy atom. The molecule has 0 radical (unpaired) electrons. The summed E-state index contributed by atoms with van der Waals surface area (Å²) in [5.41, 5.74) is 0. The summed E-state index contributed by atoms with van der Waals surface area (Å²) in [5, 5.41) is 25.0. The Morgan fingerprint density at radius 3 is 1.43 bits per heavy atom. The number of phenols is 2. The Bertz CT molecular complexity index is 941. The van der Waals surface area contributed by atoms with Crippen molar-refractivity contribution < 1.29 is 10.2 Å². The first-order chi connectivity index (χ1) is 11.2. The van der Waals surface area contributed by atoms with Gasteiger partial charge in [-0.1, -0.05) is 0 Å². The fourth-order valence-corrected chi connectivity index (χ4v) is 5.17. The van der Waals surface area contributed by atoms with Crippen LogP contribution in [0.2, 0.25) is 0 Å². The van der Waals surface area contributed by atoms with Gasteiger partial charge in [0.15, 0.2) is 0 Å². The molecule has 4 aromatic carbocycles. The van der Waals surface area contributed by atoms with Crippen LogP contribution >= 0.6 is 0 Å². The average Bonchev–Trinajstić information content (AvgIpc) is 2.59. The quantitative estimate of drug-likeness (QED) is 0.536. The maximum atomic E-state index is 10.4. The number of phenolic OH excluding ortho intramolecular Hbond substituents is 2. The number of hydrogen-bond donors (Lipinski definition) is 2. The second kappa shape index (κ2) is 5.62. The maximum absolute atomic E-state index is 10.4. The van der Waals surface area contributed by atoms with E-state index in [0.29, 0.717) is 0 Å². The van der Waals surface area contributed by atoms with Crippen LogP contribution in [-0.4, -0.2) is 25.2 Å². The van der Waals surface area contributed by atoms with Crippen molar-refractivity contribution in [1.82, 2.24) is 0 Å². The molecule has 112 valence electrons. The van der Waals surface area contributed by atoms with Gasteiger partial charge >= 0.3 is 140 Å². The van der Waals surface area contributed by atoms with Crippen molar-refractivity contribution in [1.29, 1.82) is 0 Å². The molecule has 0 bridgehead atoms. The zero-order chi connectivity index (χ0) is 15.8. The molecule has 0 atom stereocenters. The molecule has 23 heavy (non-hydrogen) atoms. The standard InChI is InChI=1S/C20H14O2Se/c21-17-11-9-13-5-1-3-7-15(13)19(17)23-20-16-8-4-2-6-14(16)10-12-18(20)22/h1-12,21-22H. The van der Waals surface area contributed by atoms with Crippen molar-refractivity contribution in [3.8, 4) is 11.5 Å². The molecule has 3 heteroatoms. The molecule has 0 aromatic heterocycles. The summed E-state index contributed by atoms with van der Waals surface area (Å²) in [5.74, 6) is 0.576. The van der Waals surface area contributed by atoms with Crippen LogP contribution in [0.25, 0.3) is 21.5 Å². The van der Waals surface area contributed by atoms with E-state index in [1.165, 1.54) is 0 Å². The van der Waals surface area contributed by atoms with Crippen LogP contribution in [0.4, 0.5) is 0 Å². The predicted molar refractivity (Wildman–Crippen MR) is 96.2 cm³/mol. The van der Waals surface area contributed by atoms with Gasteiger partial charge in [-0.15, -0.1) is 0 Å². The summed E-state index contributed by atoms with van der Waals surface area (Å²) in [6.45, 7) is 0. The van der Waals surface area contributed by atoms with Crippen LogP contribution in [0.3, 0.4) is 0 Å². The third kappa shape index (κ3) is 2.44. The van der Waals surface area contributed by atoms with Crippen LogP contribution in [0.1, 0.15) is 0 Å². The van der Waals surface area contributed by atoms with Gasteiger partial charge in [-0.3, -0.25) is 0 Å². The summed E-state index contributed by atoms with van der Waals surface area (Å²) >= 11 is -0.199. The molecule has 0 heterocycles. The van der Waals surface area contributed by atoms with Crippen molar-refractivity contribution >= 4 is 45.4 Å². The van der Waals surface area contributed by atoms with Gasteiger partial charge in [-0.05, 0) is 0 Å². The van der Waals surface area contributed by atoms with Crippen molar-refractivity contribution in [3.63, 3.8) is 0 Å². The summed E-state index contributed by atoms with van der Waals surface area (Å²) in [6.07, 6.45) is 0. The van der Waals surface area contributed by atoms with Gasteiger partial charge < -0.3 is 0 Å². The minimum atomic E-state index is -0.199. The van der Waals surface area contributed by atoms with Crippen molar-refractivity contribution in [3.05, 3.63) is 72.8 Å². The average molecular weight is 365 g/mol. The summed E-state index contributed by atoms with van der Waals surface area (Å²) in [4.78, 5) is 0. The van der Waals surface area contributed by atoms with Crippen LogP contribution in [0.5, 0.6) is 11.5 Å². The molecule has 0 saturated carbocycles. The van der Waals surface area contributed by atoms with Crippen molar-refractivity contribution in [2.75, 3.05) is 0 Å². The topological polar surface area (TPSA) is 40.5 Å². The van der Waals surface area contributed by atoms with Gasteiger partial charge in [0.05, 0.1) is 0 Å². The SMILES string of the molecule is Oc1ccc2ccccc2c1[Se]c1c(O)ccc2ccccc12. The Hall–Kier alpha value is -2.48. The van der Waals surface area contributed by atoms with E-state index in [4.69, 9.17) is 0 Å². The molecule has 4 rings (SSSR count). The van der Waals surface area contributed by atoms with E-state index in [2.05, 4.69) is 0 Å². The predicted octanol–water partition coefficient (Wildman–Crippen LogP) is 3.06.